The molecule has 0 saturated carbocycles. The standard InChI is InChI=1S/C22H28N6O2/c1-26(2)22-23-13-19(16-5-7-18(29-4)8-6-16)21(25-22)20-15-28(11-12-30-20)14-17-9-10-24-27(17)3/h5-10,13,20H,11-12,14-15H2,1-4H3. The van der Waals surface area contributed by atoms with Gasteiger partial charge in [-0.25, -0.2) is 9.97 Å². The lowest BCUT2D eigenvalue weighted by Gasteiger charge is -2.33. The van der Waals surface area contributed by atoms with Crippen molar-refractivity contribution in [2.24, 2.45) is 7.05 Å². The zero-order valence-corrected chi connectivity index (χ0v) is 17.9. The number of aryl methyl sites for hydroxylation is 1. The highest BCUT2D eigenvalue weighted by molar-refractivity contribution is 5.67. The molecule has 1 saturated heterocycles. The smallest absolute Gasteiger partial charge is 0.225 e. The zero-order chi connectivity index (χ0) is 21.1. The van der Waals surface area contributed by atoms with Gasteiger partial charge in [0.15, 0.2) is 0 Å². The van der Waals surface area contributed by atoms with Crippen LogP contribution in [0.5, 0.6) is 5.75 Å². The second kappa shape index (κ2) is 8.81. The largest absolute Gasteiger partial charge is 0.497 e. The number of morpholine rings is 1. The molecule has 0 bridgehead atoms. The fourth-order valence-corrected chi connectivity index (χ4v) is 3.64. The minimum atomic E-state index is -0.134. The van der Waals surface area contributed by atoms with Crippen LogP contribution in [0.1, 0.15) is 17.5 Å². The molecule has 1 aliphatic heterocycles. The molecule has 1 aliphatic rings. The van der Waals surface area contributed by atoms with E-state index >= 15 is 0 Å². The summed E-state index contributed by atoms with van der Waals surface area (Å²) in [5.74, 6) is 1.50. The molecule has 3 aromatic rings. The number of nitrogens with zero attached hydrogens (tertiary/aromatic N) is 6. The lowest BCUT2D eigenvalue weighted by atomic mass is 10.0. The van der Waals surface area contributed by atoms with E-state index in [2.05, 4.69) is 21.0 Å². The molecule has 0 amide bonds. The molecule has 8 heteroatoms. The lowest BCUT2D eigenvalue weighted by molar-refractivity contribution is -0.0353. The Hall–Kier alpha value is -2.97. The van der Waals surface area contributed by atoms with Gasteiger partial charge in [-0.1, -0.05) is 12.1 Å². The number of rotatable bonds is 6. The van der Waals surface area contributed by atoms with Crippen molar-refractivity contribution in [1.82, 2.24) is 24.6 Å². The molecule has 1 atom stereocenters. The third-order valence-corrected chi connectivity index (χ3v) is 5.37. The van der Waals surface area contributed by atoms with E-state index in [1.807, 2.05) is 67.4 Å². The van der Waals surface area contributed by atoms with Crippen LogP contribution in [0, 0.1) is 0 Å². The zero-order valence-electron chi connectivity index (χ0n) is 17.9. The molecule has 0 N–H and O–H groups in total. The fraction of sp³-hybridized carbons (Fsp3) is 0.409. The predicted octanol–water partition coefficient (Wildman–Crippen LogP) is 2.53. The second-order valence-electron chi connectivity index (χ2n) is 7.63. The Bertz CT molecular complexity index is 986. The number of benzene rings is 1. The van der Waals surface area contributed by atoms with Gasteiger partial charge in [0.2, 0.25) is 5.95 Å². The summed E-state index contributed by atoms with van der Waals surface area (Å²) < 4.78 is 13.4. The van der Waals surface area contributed by atoms with Crippen molar-refractivity contribution < 1.29 is 9.47 Å². The Morgan fingerprint density at radius 2 is 2.00 bits per heavy atom. The number of methoxy groups -OCH3 is 1. The van der Waals surface area contributed by atoms with E-state index in [1.165, 1.54) is 5.69 Å². The Morgan fingerprint density at radius 1 is 1.20 bits per heavy atom. The highest BCUT2D eigenvalue weighted by atomic mass is 16.5. The van der Waals surface area contributed by atoms with E-state index < -0.39 is 0 Å². The van der Waals surface area contributed by atoms with Crippen LogP contribution in [-0.2, 0) is 18.3 Å². The Balaban J connectivity index is 1.64. The van der Waals surface area contributed by atoms with Gasteiger partial charge in [0.1, 0.15) is 11.9 Å². The maximum Gasteiger partial charge on any atom is 0.225 e. The summed E-state index contributed by atoms with van der Waals surface area (Å²) in [7, 11) is 7.54. The van der Waals surface area contributed by atoms with Gasteiger partial charge in [0, 0.05) is 58.7 Å². The maximum atomic E-state index is 6.19. The van der Waals surface area contributed by atoms with Crippen molar-refractivity contribution in [3.8, 4) is 16.9 Å². The SMILES string of the molecule is COc1ccc(-c2cnc(N(C)C)nc2C2CN(Cc3ccnn3C)CCO2)cc1. The van der Waals surface area contributed by atoms with E-state index in [4.69, 9.17) is 14.5 Å². The third-order valence-electron chi connectivity index (χ3n) is 5.37. The summed E-state index contributed by atoms with van der Waals surface area (Å²) in [6.45, 7) is 3.13. The summed E-state index contributed by atoms with van der Waals surface area (Å²) >= 11 is 0. The van der Waals surface area contributed by atoms with E-state index in [1.54, 1.807) is 7.11 Å². The monoisotopic (exact) mass is 408 g/mol. The van der Waals surface area contributed by atoms with Crippen LogP contribution < -0.4 is 9.64 Å². The molecule has 8 nitrogen and oxygen atoms in total. The summed E-state index contributed by atoms with van der Waals surface area (Å²) in [4.78, 5) is 13.7. The van der Waals surface area contributed by atoms with Crippen molar-refractivity contribution in [2.75, 3.05) is 45.8 Å². The van der Waals surface area contributed by atoms with Crippen molar-refractivity contribution >= 4 is 5.95 Å². The lowest BCUT2D eigenvalue weighted by Crippen LogP contribution is -2.38. The van der Waals surface area contributed by atoms with Gasteiger partial charge in [-0.05, 0) is 23.8 Å². The van der Waals surface area contributed by atoms with Crippen molar-refractivity contribution in [3.63, 3.8) is 0 Å². The van der Waals surface area contributed by atoms with E-state index in [-0.39, 0.29) is 6.10 Å². The van der Waals surface area contributed by atoms with Crippen LogP contribution in [0.4, 0.5) is 5.95 Å². The van der Waals surface area contributed by atoms with Gasteiger partial charge >= 0.3 is 0 Å². The summed E-state index contributed by atoms with van der Waals surface area (Å²) in [6.07, 6.45) is 3.59. The topological polar surface area (TPSA) is 68.5 Å². The van der Waals surface area contributed by atoms with Gasteiger partial charge < -0.3 is 14.4 Å². The molecule has 2 aromatic heterocycles. The molecule has 30 heavy (non-hydrogen) atoms. The molecule has 1 unspecified atom stereocenters. The van der Waals surface area contributed by atoms with Crippen molar-refractivity contribution in [2.45, 2.75) is 12.6 Å². The Morgan fingerprint density at radius 3 is 2.67 bits per heavy atom. The van der Waals surface area contributed by atoms with E-state index in [0.29, 0.717) is 12.6 Å². The third kappa shape index (κ3) is 4.29. The highest BCUT2D eigenvalue weighted by Crippen LogP contribution is 2.32. The van der Waals surface area contributed by atoms with Gasteiger partial charge in [0.25, 0.3) is 0 Å². The minimum Gasteiger partial charge on any atom is -0.497 e. The maximum absolute atomic E-state index is 6.19. The van der Waals surface area contributed by atoms with E-state index in [0.717, 1.165) is 42.2 Å². The molecule has 158 valence electrons. The predicted molar refractivity (Wildman–Crippen MR) is 116 cm³/mol. The average molecular weight is 409 g/mol. The minimum absolute atomic E-state index is 0.134. The first-order valence-corrected chi connectivity index (χ1v) is 10.0. The quantitative estimate of drug-likeness (QED) is 0.621. The molecule has 3 heterocycles. The second-order valence-corrected chi connectivity index (χ2v) is 7.63. The Kier molecular flexibility index (Phi) is 5.96. The molecule has 4 rings (SSSR count). The van der Waals surface area contributed by atoms with Crippen LogP contribution in [0.15, 0.2) is 42.7 Å². The van der Waals surface area contributed by atoms with Crippen molar-refractivity contribution in [3.05, 3.63) is 54.1 Å². The van der Waals surface area contributed by atoms with E-state index in [9.17, 15) is 0 Å². The first kappa shape index (κ1) is 20.3. The summed E-state index contributed by atoms with van der Waals surface area (Å²) in [6, 6.07) is 10.0. The van der Waals surface area contributed by atoms with Crippen LogP contribution in [-0.4, -0.2) is 65.5 Å². The molecule has 0 spiro atoms. The van der Waals surface area contributed by atoms with Crippen LogP contribution in [0.2, 0.25) is 0 Å². The molecule has 1 aromatic carbocycles. The first-order chi connectivity index (χ1) is 14.5. The first-order valence-electron chi connectivity index (χ1n) is 10.0. The highest BCUT2D eigenvalue weighted by Gasteiger charge is 2.27. The van der Waals surface area contributed by atoms with Gasteiger partial charge in [-0.3, -0.25) is 9.58 Å². The molecule has 0 radical (unpaired) electrons. The number of ether oxygens (including phenoxy) is 2. The summed E-state index contributed by atoms with van der Waals surface area (Å²) in [5, 5.41) is 4.28. The molecular formula is C22H28N6O2. The van der Waals surface area contributed by atoms with Crippen LogP contribution in [0.3, 0.4) is 0 Å². The van der Waals surface area contributed by atoms with Gasteiger partial charge in [-0.2, -0.15) is 5.10 Å². The van der Waals surface area contributed by atoms with Gasteiger partial charge in [-0.15, -0.1) is 0 Å². The van der Waals surface area contributed by atoms with Crippen LogP contribution in [0.25, 0.3) is 11.1 Å². The summed E-state index contributed by atoms with van der Waals surface area (Å²) in [5.41, 5.74) is 4.12. The normalized spacial score (nSPS) is 17.1. The fourth-order valence-electron chi connectivity index (χ4n) is 3.64. The number of hydrogen-bond acceptors (Lipinski definition) is 7. The molecule has 1 fully saturated rings. The number of anilines is 1. The average Bonchev–Trinajstić information content (AvgIpc) is 3.18. The number of hydrogen-bond donors (Lipinski definition) is 0. The van der Waals surface area contributed by atoms with Crippen molar-refractivity contribution in [1.29, 1.82) is 0 Å². The number of aromatic nitrogens is 4. The van der Waals surface area contributed by atoms with Gasteiger partial charge in [0.05, 0.1) is 25.1 Å². The molecular weight excluding hydrogens is 380 g/mol. The Labute approximate surface area is 177 Å². The van der Waals surface area contributed by atoms with Crippen LogP contribution >= 0.6 is 0 Å². The molecule has 0 aliphatic carbocycles.